The standard InChI is InChI=1S/C26H26FN3O4S/c1-18-4-10-23-25(16-18)34-24-11-7-20(33-2)17-22(24)26(28-23)29-12-3-13-30(15-14-29)35(31,32)21-8-5-19(27)6-9-21/h4-11,16-17H,3,12-15H2,1-2H3. The van der Waals surface area contributed by atoms with Gasteiger partial charge in [-0.15, -0.1) is 0 Å². The first-order chi connectivity index (χ1) is 16.8. The van der Waals surface area contributed by atoms with E-state index in [-0.39, 0.29) is 11.4 Å². The third-order valence-electron chi connectivity index (χ3n) is 6.20. The van der Waals surface area contributed by atoms with Gasteiger partial charge < -0.3 is 14.4 Å². The molecule has 0 amide bonds. The van der Waals surface area contributed by atoms with Crippen LogP contribution in [0.25, 0.3) is 0 Å². The summed E-state index contributed by atoms with van der Waals surface area (Å²) in [6.07, 6.45) is 0.611. The maximum Gasteiger partial charge on any atom is 0.243 e. The van der Waals surface area contributed by atoms with Gasteiger partial charge >= 0.3 is 0 Å². The molecule has 0 bridgehead atoms. The number of fused-ring (bicyclic) bond motifs is 2. The Morgan fingerprint density at radius 2 is 1.74 bits per heavy atom. The molecule has 5 rings (SSSR count). The van der Waals surface area contributed by atoms with Crippen LogP contribution >= 0.6 is 0 Å². The number of ether oxygens (including phenoxy) is 2. The maximum absolute atomic E-state index is 13.3. The van der Waals surface area contributed by atoms with Gasteiger partial charge in [0, 0.05) is 26.2 Å². The topological polar surface area (TPSA) is 71.4 Å². The van der Waals surface area contributed by atoms with Crippen molar-refractivity contribution in [1.82, 2.24) is 9.21 Å². The number of hydrogen-bond acceptors (Lipinski definition) is 6. The molecule has 182 valence electrons. The number of aryl methyl sites for hydroxylation is 1. The van der Waals surface area contributed by atoms with E-state index in [0.717, 1.165) is 11.1 Å². The lowest BCUT2D eigenvalue weighted by Gasteiger charge is -2.25. The smallest absolute Gasteiger partial charge is 0.243 e. The summed E-state index contributed by atoms with van der Waals surface area (Å²) >= 11 is 0. The number of aliphatic imine (C=N–C) groups is 1. The number of nitrogens with zero attached hydrogens (tertiary/aromatic N) is 3. The van der Waals surface area contributed by atoms with Crippen LogP contribution in [0.15, 0.2) is 70.6 Å². The highest BCUT2D eigenvalue weighted by molar-refractivity contribution is 7.89. The minimum Gasteiger partial charge on any atom is -0.497 e. The van der Waals surface area contributed by atoms with Gasteiger partial charge in [0.1, 0.15) is 28.8 Å². The Morgan fingerprint density at radius 3 is 2.51 bits per heavy atom. The van der Waals surface area contributed by atoms with Crippen molar-refractivity contribution in [3.8, 4) is 17.2 Å². The predicted octanol–water partition coefficient (Wildman–Crippen LogP) is 4.72. The molecule has 2 aliphatic rings. The number of halogens is 1. The normalized spacial score (nSPS) is 16.3. The molecule has 7 nitrogen and oxygen atoms in total. The fraction of sp³-hybridized carbons (Fsp3) is 0.269. The summed E-state index contributed by atoms with van der Waals surface area (Å²) in [6.45, 7) is 3.70. The van der Waals surface area contributed by atoms with Crippen LogP contribution in [0.5, 0.6) is 17.2 Å². The van der Waals surface area contributed by atoms with Crippen LogP contribution in [0.2, 0.25) is 0 Å². The van der Waals surface area contributed by atoms with Gasteiger partial charge in [-0.25, -0.2) is 17.8 Å². The van der Waals surface area contributed by atoms with Gasteiger partial charge in [0.25, 0.3) is 0 Å². The number of benzene rings is 3. The number of amidine groups is 1. The van der Waals surface area contributed by atoms with Gasteiger partial charge in [0.2, 0.25) is 10.0 Å². The summed E-state index contributed by atoms with van der Waals surface area (Å²) in [5.41, 5.74) is 2.56. The molecule has 0 saturated carbocycles. The first kappa shape index (κ1) is 23.3. The molecule has 0 spiro atoms. The van der Waals surface area contributed by atoms with Crippen LogP contribution < -0.4 is 9.47 Å². The molecule has 0 atom stereocenters. The van der Waals surface area contributed by atoms with Crippen LogP contribution in [0.3, 0.4) is 0 Å². The Kier molecular flexibility index (Phi) is 6.21. The number of hydrogen-bond donors (Lipinski definition) is 0. The molecule has 2 heterocycles. The first-order valence-corrected chi connectivity index (χ1v) is 12.9. The van der Waals surface area contributed by atoms with Crippen LogP contribution in [0.1, 0.15) is 17.5 Å². The molecule has 35 heavy (non-hydrogen) atoms. The van der Waals surface area contributed by atoms with Gasteiger partial charge in [0.15, 0.2) is 5.75 Å². The molecule has 0 N–H and O–H groups in total. The molecule has 1 fully saturated rings. The summed E-state index contributed by atoms with van der Waals surface area (Å²) in [7, 11) is -2.12. The molecule has 9 heteroatoms. The van der Waals surface area contributed by atoms with E-state index in [4.69, 9.17) is 14.5 Å². The van der Waals surface area contributed by atoms with Crippen LogP contribution in [-0.2, 0) is 10.0 Å². The maximum atomic E-state index is 13.3. The minimum absolute atomic E-state index is 0.0898. The third-order valence-corrected chi connectivity index (χ3v) is 8.11. The van der Waals surface area contributed by atoms with Crippen molar-refractivity contribution in [2.24, 2.45) is 4.99 Å². The molecular weight excluding hydrogens is 469 g/mol. The Labute approximate surface area is 204 Å². The fourth-order valence-electron chi connectivity index (χ4n) is 4.33. The van der Waals surface area contributed by atoms with E-state index in [1.807, 2.05) is 43.3 Å². The van der Waals surface area contributed by atoms with Gasteiger partial charge in [-0.05, 0) is 73.5 Å². The van der Waals surface area contributed by atoms with E-state index in [2.05, 4.69) is 4.90 Å². The quantitative estimate of drug-likeness (QED) is 0.526. The predicted molar refractivity (Wildman–Crippen MR) is 132 cm³/mol. The van der Waals surface area contributed by atoms with Gasteiger partial charge in [-0.3, -0.25) is 0 Å². The minimum atomic E-state index is -3.73. The third kappa shape index (κ3) is 4.61. The average Bonchev–Trinajstić information content (AvgIpc) is 3.19. The Hall–Kier alpha value is -3.43. The lowest BCUT2D eigenvalue weighted by molar-refractivity contribution is 0.405. The zero-order valence-electron chi connectivity index (χ0n) is 19.6. The second-order valence-corrected chi connectivity index (χ2v) is 10.5. The molecule has 3 aromatic carbocycles. The van der Waals surface area contributed by atoms with Crippen LogP contribution in [-0.4, -0.2) is 56.7 Å². The average molecular weight is 496 g/mol. The van der Waals surface area contributed by atoms with E-state index in [1.165, 1.54) is 28.6 Å². The summed E-state index contributed by atoms with van der Waals surface area (Å²) in [5.74, 6) is 2.25. The Bertz CT molecular complexity index is 1390. The molecule has 0 aliphatic carbocycles. The van der Waals surface area contributed by atoms with Gasteiger partial charge in [-0.1, -0.05) is 6.07 Å². The molecule has 0 aromatic heterocycles. The second kappa shape index (κ2) is 9.31. The highest BCUT2D eigenvalue weighted by Gasteiger charge is 2.30. The highest BCUT2D eigenvalue weighted by Crippen LogP contribution is 2.40. The molecule has 0 unspecified atom stereocenters. The fourth-order valence-corrected chi connectivity index (χ4v) is 5.80. The molecular formula is C26H26FN3O4S. The molecule has 3 aromatic rings. The first-order valence-electron chi connectivity index (χ1n) is 11.4. The number of rotatable bonds is 3. The summed E-state index contributed by atoms with van der Waals surface area (Å²) in [4.78, 5) is 7.15. The van der Waals surface area contributed by atoms with Crippen LogP contribution in [0.4, 0.5) is 10.1 Å². The lowest BCUT2D eigenvalue weighted by atomic mass is 10.1. The summed E-state index contributed by atoms with van der Waals surface area (Å²) in [5, 5.41) is 0. The van der Waals surface area contributed by atoms with Gasteiger partial charge in [-0.2, -0.15) is 4.31 Å². The monoisotopic (exact) mass is 495 g/mol. The van der Waals surface area contributed by atoms with Gasteiger partial charge in [0.05, 0.1) is 17.6 Å². The van der Waals surface area contributed by atoms with Crippen molar-refractivity contribution in [3.05, 3.63) is 77.6 Å². The van der Waals surface area contributed by atoms with E-state index >= 15 is 0 Å². The zero-order valence-corrected chi connectivity index (χ0v) is 20.4. The zero-order chi connectivity index (χ0) is 24.6. The summed E-state index contributed by atoms with van der Waals surface area (Å²) in [6, 6.07) is 16.4. The van der Waals surface area contributed by atoms with Crippen molar-refractivity contribution >= 4 is 21.5 Å². The van der Waals surface area contributed by atoms with Crippen molar-refractivity contribution in [2.45, 2.75) is 18.2 Å². The number of sulfonamides is 1. The van der Waals surface area contributed by atoms with Crippen molar-refractivity contribution in [1.29, 1.82) is 0 Å². The van der Waals surface area contributed by atoms with Crippen LogP contribution in [0, 0.1) is 12.7 Å². The van der Waals surface area contributed by atoms with Crippen molar-refractivity contribution in [2.75, 3.05) is 33.3 Å². The summed E-state index contributed by atoms with van der Waals surface area (Å²) < 4.78 is 52.9. The Balaban J connectivity index is 1.49. The van der Waals surface area contributed by atoms with E-state index < -0.39 is 15.8 Å². The van der Waals surface area contributed by atoms with E-state index in [9.17, 15) is 12.8 Å². The number of methoxy groups -OCH3 is 1. The lowest BCUT2D eigenvalue weighted by Crippen LogP contribution is -2.37. The SMILES string of the molecule is COc1ccc2c(c1)C(N1CCCN(S(=O)(=O)c3ccc(F)cc3)CC1)=Nc1ccc(C)cc1O2. The molecule has 2 aliphatic heterocycles. The molecule has 0 radical (unpaired) electrons. The Morgan fingerprint density at radius 1 is 0.943 bits per heavy atom. The van der Waals surface area contributed by atoms with Crippen molar-refractivity contribution in [3.63, 3.8) is 0 Å². The van der Waals surface area contributed by atoms with Crippen molar-refractivity contribution < 1.29 is 22.3 Å². The molecule has 1 saturated heterocycles. The van der Waals surface area contributed by atoms with E-state index in [1.54, 1.807) is 7.11 Å². The largest absolute Gasteiger partial charge is 0.497 e. The second-order valence-electron chi connectivity index (χ2n) is 8.57. The van der Waals surface area contributed by atoms with E-state index in [0.29, 0.717) is 54.8 Å². The highest BCUT2D eigenvalue weighted by atomic mass is 32.2.